The van der Waals surface area contributed by atoms with Gasteiger partial charge in [-0.25, -0.2) is 4.98 Å². The van der Waals surface area contributed by atoms with Gasteiger partial charge in [-0.05, 0) is 18.2 Å². The molecular weight excluding hydrogens is 328 g/mol. The molecule has 102 valence electrons. The summed E-state index contributed by atoms with van der Waals surface area (Å²) in [5.41, 5.74) is 5.38. The van der Waals surface area contributed by atoms with Gasteiger partial charge < -0.3 is 10.5 Å². The van der Waals surface area contributed by atoms with Gasteiger partial charge in [0.05, 0.1) is 4.92 Å². The SMILES string of the molecule is N=C(N)c1cccc(Oc2ccc(Br)cc2[N+](=O)[O-])n1. The van der Waals surface area contributed by atoms with Crippen molar-refractivity contribution >= 4 is 27.5 Å². The van der Waals surface area contributed by atoms with E-state index in [1.807, 2.05) is 0 Å². The number of nitrogens with one attached hydrogen (secondary N) is 1. The summed E-state index contributed by atoms with van der Waals surface area (Å²) in [5, 5.41) is 18.3. The largest absolute Gasteiger partial charge is 0.432 e. The summed E-state index contributed by atoms with van der Waals surface area (Å²) in [6.45, 7) is 0. The number of hydrogen-bond acceptors (Lipinski definition) is 5. The van der Waals surface area contributed by atoms with Gasteiger partial charge in [0.2, 0.25) is 11.6 Å². The molecule has 0 aliphatic carbocycles. The van der Waals surface area contributed by atoms with Gasteiger partial charge >= 0.3 is 5.69 Å². The van der Waals surface area contributed by atoms with E-state index in [2.05, 4.69) is 20.9 Å². The van der Waals surface area contributed by atoms with Crippen molar-refractivity contribution < 1.29 is 9.66 Å². The number of nitro benzene ring substituents is 1. The molecule has 1 aromatic heterocycles. The van der Waals surface area contributed by atoms with Crippen molar-refractivity contribution in [1.82, 2.24) is 4.98 Å². The van der Waals surface area contributed by atoms with Crippen LogP contribution in [0.25, 0.3) is 0 Å². The van der Waals surface area contributed by atoms with Crippen LogP contribution in [-0.2, 0) is 0 Å². The molecule has 0 saturated carbocycles. The fourth-order valence-electron chi connectivity index (χ4n) is 1.45. The number of nitrogens with zero attached hydrogens (tertiary/aromatic N) is 2. The maximum atomic E-state index is 11.0. The lowest BCUT2D eigenvalue weighted by atomic mass is 10.3. The summed E-state index contributed by atoms with van der Waals surface area (Å²) < 4.78 is 5.96. The van der Waals surface area contributed by atoms with E-state index in [-0.39, 0.29) is 28.8 Å². The molecule has 8 heteroatoms. The molecule has 0 atom stereocenters. The minimum absolute atomic E-state index is 0.0615. The van der Waals surface area contributed by atoms with Gasteiger partial charge in [-0.15, -0.1) is 0 Å². The van der Waals surface area contributed by atoms with E-state index in [0.717, 1.165) is 0 Å². The molecule has 7 nitrogen and oxygen atoms in total. The van der Waals surface area contributed by atoms with Crippen molar-refractivity contribution in [2.45, 2.75) is 0 Å². The number of aromatic nitrogens is 1. The van der Waals surface area contributed by atoms with Crippen LogP contribution in [0.2, 0.25) is 0 Å². The Morgan fingerprint density at radius 2 is 2.15 bits per heavy atom. The van der Waals surface area contributed by atoms with E-state index in [1.54, 1.807) is 18.2 Å². The van der Waals surface area contributed by atoms with Crippen molar-refractivity contribution in [3.8, 4) is 11.6 Å². The quantitative estimate of drug-likeness (QED) is 0.385. The number of amidine groups is 1. The van der Waals surface area contributed by atoms with Crippen LogP contribution in [-0.4, -0.2) is 15.7 Å². The van der Waals surface area contributed by atoms with Gasteiger partial charge in [0.1, 0.15) is 11.5 Å². The molecule has 0 amide bonds. The van der Waals surface area contributed by atoms with Crippen LogP contribution in [0, 0.1) is 15.5 Å². The minimum Gasteiger partial charge on any atom is -0.432 e. The number of hydrogen-bond donors (Lipinski definition) is 2. The molecule has 0 fully saturated rings. The fourth-order valence-corrected chi connectivity index (χ4v) is 1.80. The molecule has 2 aromatic rings. The zero-order valence-electron chi connectivity index (χ0n) is 10.0. The highest BCUT2D eigenvalue weighted by Gasteiger charge is 2.17. The maximum Gasteiger partial charge on any atom is 0.312 e. The van der Waals surface area contributed by atoms with Gasteiger partial charge in [0, 0.05) is 16.6 Å². The number of nitro groups is 1. The maximum absolute atomic E-state index is 11.0. The third-order valence-electron chi connectivity index (χ3n) is 2.33. The van der Waals surface area contributed by atoms with Gasteiger partial charge in [-0.2, -0.15) is 0 Å². The molecule has 20 heavy (non-hydrogen) atoms. The van der Waals surface area contributed by atoms with Crippen molar-refractivity contribution in [3.05, 3.63) is 56.7 Å². The number of halogens is 1. The molecule has 1 aromatic carbocycles. The first-order valence-corrected chi connectivity index (χ1v) is 6.20. The second kappa shape index (κ2) is 5.66. The summed E-state index contributed by atoms with van der Waals surface area (Å²) in [6.07, 6.45) is 0. The van der Waals surface area contributed by atoms with E-state index in [4.69, 9.17) is 15.9 Å². The molecule has 0 aliphatic heterocycles. The van der Waals surface area contributed by atoms with E-state index < -0.39 is 4.92 Å². The predicted octanol–water partition coefficient (Wildman–Crippen LogP) is 2.83. The molecule has 0 bridgehead atoms. The van der Waals surface area contributed by atoms with Crippen LogP contribution in [0.1, 0.15) is 5.69 Å². The van der Waals surface area contributed by atoms with Crippen LogP contribution >= 0.6 is 15.9 Å². The van der Waals surface area contributed by atoms with Crippen LogP contribution in [0.5, 0.6) is 11.6 Å². The highest BCUT2D eigenvalue weighted by Crippen LogP contribution is 2.32. The standard InChI is InChI=1S/C12H9BrN4O3/c13-7-4-5-10(9(6-7)17(18)19)20-11-3-1-2-8(16-11)12(14)15/h1-6H,(H3,14,15). The Balaban J connectivity index is 2.37. The normalized spacial score (nSPS) is 10.1. The van der Waals surface area contributed by atoms with Crippen LogP contribution < -0.4 is 10.5 Å². The van der Waals surface area contributed by atoms with Crippen LogP contribution in [0.15, 0.2) is 40.9 Å². The summed E-state index contributed by atoms with van der Waals surface area (Å²) in [6, 6.07) is 9.10. The lowest BCUT2D eigenvalue weighted by Gasteiger charge is -2.06. The first-order valence-electron chi connectivity index (χ1n) is 5.40. The molecule has 3 N–H and O–H groups in total. The molecule has 1 heterocycles. The molecule has 0 saturated heterocycles. The second-order valence-electron chi connectivity index (χ2n) is 3.75. The van der Waals surface area contributed by atoms with Gasteiger partial charge in [0.15, 0.2) is 0 Å². The first-order chi connectivity index (χ1) is 9.47. The topological polar surface area (TPSA) is 115 Å². The predicted molar refractivity (Wildman–Crippen MR) is 76.1 cm³/mol. The number of benzene rings is 1. The number of nitrogens with two attached hydrogens (primary N) is 1. The number of nitrogen functional groups attached to an aromatic ring is 1. The zero-order chi connectivity index (χ0) is 14.7. The highest BCUT2D eigenvalue weighted by molar-refractivity contribution is 9.10. The van der Waals surface area contributed by atoms with Crippen molar-refractivity contribution in [2.24, 2.45) is 5.73 Å². The van der Waals surface area contributed by atoms with E-state index in [1.165, 1.54) is 18.2 Å². The van der Waals surface area contributed by atoms with Gasteiger partial charge in [-0.1, -0.05) is 22.0 Å². The van der Waals surface area contributed by atoms with Gasteiger partial charge in [-0.3, -0.25) is 15.5 Å². The Labute approximate surface area is 122 Å². The fraction of sp³-hybridized carbons (Fsp3) is 0. The lowest BCUT2D eigenvalue weighted by molar-refractivity contribution is -0.385. The molecule has 0 radical (unpaired) electrons. The Kier molecular flexibility index (Phi) is 3.94. The Hall–Kier alpha value is -2.48. The van der Waals surface area contributed by atoms with Crippen molar-refractivity contribution in [3.63, 3.8) is 0 Å². The summed E-state index contributed by atoms with van der Waals surface area (Å²) in [4.78, 5) is 14.4. The van der Waals surface area contributed by atoms with Crippen molar-refractivity contribution in [1.29, 1.82) is 5.41 Å². The molecule has 2 rings (SSSR count). The summed E-state index contributed by atoms with van der Waals surface area (Å²) in [7, 11) is 0. The van der Waals surface area contributed by atoms with E-state index in [9.17, 15) is 10.1 Å². The molecule has 0 spiro atoms. The van der Waals surface area contributed by atoms with Crippen LogP contribution in [0.4, 0.5) is 5.69 Å². The Morgan fingerprint density at radius 1 is 1.40 bits per heavy atom. The summed E-state index contributed by atoms with van der Waals surface area (Å²) in [5.74, 6) is -0.0183. The number of ether oxygens (including phenoxy) is 1. The molecular formula is C12H9BrN4O3. The third kappa shape index (κ3) is 3.09. The average Bonchev–Trinajstić information content (AvgIpc) is 2.41. The molecule has 0 unspecified atom stereocenters. The monoisotopic (exact) mass is 336 g/mol. The van der Waals surface area contributed by atoms with Crippen LogP contribution in [0.3, 0.4) is 0 Å². The van der Waals surface area contributed by atoms with Crippen molar-refractivity contribution in [2.75, 3.05) is 0 Å². The second-order valence-corrected chi connectivity index (χ2v) is 4.66. The first kappa shape index (κ1) is 13.9. The average molecular weight is 337 g/mol. The van der Waals surface area contributed by atoms with E-state index in [0.29, 0.717) is 4.47 Å². The molecule has 0 aliphatic rings. The smallest absolute Gasteiger partial charge is 0.312 e. The minimum atomic E-state index is -0.547. The zero-order valence-corrected chi connectivity index (χ0v) is 11.6. The number of rotatable bonds is 4. The Bertz CT molecular complexity index is 690. The summed E-state index contributed by atoms with van der Waals surface area (Å²) >= 11 is 3.16. The lowest BCUT2D eigenvalue weighted by Crippen LogP contribution is -2.13. The highest BCUT2D eigenvalue weighted by atomic mass is 79.9. The van der Waals surface area contributed by atoms with Gasteiger partial charge in [0.25, 0.3) is 0 Å². The third-order valence-corrected chi connectivity index (χ3v) is 2.82. The Morgan fingerprint density at radius 3 is 2.80 bits per heavy atom. The van der Waals surface area contributed by atoms with E-state index >= 15 is 0 Å². The number of pyridine rings is 1.